The molecule has 224 valence electrons. The quantitative estimate of drug-likeness (QED) is 0.0814. The largest absolute Gasteiger partial charge is 0.493 e. The van der Waals surface area contributed by atoms with Crippen molar-refractivity contribution in [3.05, 3.63) is 94.6 Å². The Morgan fingerprint density at radius 1 is 0.881 bits per heavy atom. The molecular weight excluding hydrogens is 554 g/mol. The number of nitrogens with zero attached hydrogens (tertiary/aromatic N) is 1. The second-order valence-electron chi connectivity index (χ2n) is 10.1. The second kappa shape index (κ2) is 14.3. The molecule has 1 saturated heterocycles. The summed E-state index contributed by atoms with van der Waals surface area (Å²) < 4.78 is 72.9. The van der Waals surface area contributed by atoms with Crippen molar-refractivity contribution in [1.29, 1.82) is 0 Å². The minimum absolute atomic E-state index is 0.0980. The predicted octanol–water partition coefficient (Wildman–Crippen LogP) is 6.31. The van der Waals surface area contributed by atoms with Gasteiger partial charge in [0.15, 0.2) is 11.5 Å². The summed E-state index contributed by atoms with van der Waals surface area (Å²) in [5.74, 6) is -4.70. The lowest BCUT2D eigenvalue weighted by molar-refractivity contribution is -0.137. The van der Waals surface area contributed by atoms with E-state index in [4.69, 9.17) is 14.2 Å². The van der Waals surface area contributed by atoms with Crippen LogP contribution in [0.15, 0.2) is 54.6 Å². The van der Waals surface area contributed by atoms with Gasteiger partial charge in [-0.3, -0.25) is 4.79 Å². The number of halogens is 4. The first-order valence-electron chi connectivity index (χ1n) is 13.9. The van der Waals surface area contributed by atoms with E-state index in [2.05, 4.69) is 4.90 Å². The van der Waals surface area contributed by atoms with Gasteiger partial charge >= 0.3 is 5.97 Å². The highest BCUT2D eigenvalue weighted by Gasteiger charge is 2.32. The molecule has 0 aliphatic carbocycles. The Balaban J connectivity index is 1.34. The van der Waals surface area contributed by atoms with Crippen molar-refractivity contribution < 1.29 is 41.4 Å². The fourth-order valence-corrected chi connectivity index (χ4v) is 5.41. The number of likely N-dealkylation sites (tertiary alicyclic amines) is 1. The molecule has 42 heavy (non-hydrogen) atoms. The van der Waals surface area contributed by atoms with Crippen LogP contribution < -0.4 is 9.47 Å². The number of rotatable bonds is 12. The van der Waals surface area contributed by atoms with Crippen molar-refractivity contribution in [3.8, 4) is 11.5 Å². The van der Waals surface area contributed by atoms with Crippen molar-refractivity contribution in [2.75, 3.05) is 40.0 Å². The van der Waals surface area contributed by atoms with Gasteiger partial charge in [0.1, 0.15) is 23.3 Å². The number of ether oxygens (including phenoxy) is 3. The van der Waals surface area contributed by atoms with Crippen LogP contribution in [0.1, 0.15) is 53.6 Å². The first-order chi connectivity index (χ1) is 20.2. The van der Waals surface area contributed by atoms with Crippen LogP contribution in [0.25, 0.3) is 0 Å². The van der Waals surface area contributed by atoms with E-state index in [-0.39, 0.29) is 29.2 Å². The summed E-state index contributed by atoms with van der Waals surface area (Å²) in [5.41, 5.74) is 0.523. The van der Waals surface area contributed by atoms with E-state index in [0.717, 1.165) is 30.8 Å². The summed E-state index contributed by atoms with van der Waals surface area (Å²) in [5, 5.41) is 0. The highest BCUT2D eigenvalue weighted by molar-refractivity contribution is 6.40. The molecule has 0 radical (unpaired) electrons. The van der Waals surface area contributed by atoms with Crippen molar-refractivity contribution in [2.45, 2.75) is 32.1 Å². The van der Waals surface area contributed by atoms with Gasteiger partial charge in [-0.25, -0.2) is 22.4 Å². The summed E-state index contributed by atoms with van der Waals surface area (Å²) in [6, 6.07) is 11.1. The molecule has 0 N–H and O–H groups in total. The third-order valence-corrected chi connectivity index (χ3v) is 7.46. The monoisotopic (exact) mass is 587 g/mol. The molecule has 6 nitrogen and oxygen atoms in total. The molecule has 1 aliphatic heterocycles. The molecule has 0 bridgehead atoms. The normalized spacial score (nSPS) is 14.2. The van der Waals surface area contributed by atoms with Crippen molar-refractivity contribution >= 4 is 11.8 Å². The van der Waals surface area contributed by atoms with E-state index in [1.54, 1.807) is 13.0 Å². The standard InChI is InChI=1S/C32H33F4NO5/c1-3-41-32(39)31(38)21-5-10-28(29(17-21)40-2)42-16-4-13-37-14-11-20(12-15-37)30(24-8-6-22(33)18-26(24)35)25-9-7-23(34)19-27(25)36/h5-10,17-20,30H,3-4,11-16H2,1-2H3. The molecule has 0 amide bonds. The third kappa shape index (κ3) is 7.47. The van der Waals surface area contributed by atoms with Crippen LogP contribution in [0, 0.1) is 29.2 Å². The zero-order valence-corrected chi connectivity index (χ0v) is 23.5. The van der Waals surface area contributed by atoms with E-state index in [1.165, 1.54) is 31.4 Å². The van der Waals surface area contributed by atoms with E-state index >= 15 is 0 Å². The average Bonchev–Trinajstić information content (AvgIpc) is 2.98. The summed E-state index contributed by atoms with van der Waals surface area (Å²) in [6.45, 7) is 4.16. The van der Waals surface area contributed by atoms with Crippen molar-refractivity contribution in [2.24, 2.45) is 5.92 Å². The van der Waals surface area contributed by atoms with Gasteiger partial charge in [-0.1, -0.05) is 12.1 Å². The number of carbonyl (C=O) groups excluding carboxylic acids is 2. The smallest absolute Gasteiger partial charge is 0.379 e. The third-order valence-electron chi connectivity index (χ3n) is 7.46. The number of hydrogen-bond acceptors (Lipinski definition) is 6. The Hall–Kier alpha value is -3.92. The number of hydrogen-bond donors (Lipinski definition) is 0. The van der Waals surface area contributed by atoms with Gasteiger partial charge in [0.2, 0.25) is 0 Å². The highest BCUT2D eigenvalue weighted by Crippen LogP contribution is 2.40. The van der Waals surface area contributed by atoms with Gasteiger partial charge in [-0.05, 0) is 86.7 Å². The number of esters is 1. The summed E-state index contributed by atoms with van der Waals surface area (Å²) in [6.07, 6.45) is 1.96. The molecule has 4 rings (SSSR count). The predicted molar refractivity (Wildman–Crippen MR) is 148 cm³/mol. The molecule has 1 aliphatic rings. The van der Waals surface area contributed by atoms with Gasteiger partial charge in [-0.15, -0.1) is 0 Å². The molecule has 10 heteroatoms. The van der Waals surface area contributed by atoms with Crippen LogP contribution in [0.4, 0.5) is 17.6 Å². The molecule has 3 aromatic rings. The SMILES string of the molecule is CCOC(=O)C(=O)c1ccc(OCCCN2CCC(C(c3ccc(F)cc3F)c3ccc(F)cc3F)CC2)c(OC)c1. The lowest BCUT2D eigenvalue weighted by Crippen LogP contribution is -2.37. The summed E-state index contributed by atoms with van der Waals surface area (Å²) >= 11 is 0. The van der Waals surface area contributed by atoms with E-state index in [1.807, 2.05) is 0 Å². The maximum atomic E-state index is 14.8. The molecular formula is C32H33F4NO5. The Labute approximate surface area is 242 Å². The topological polar surface area (TPSA) is 65.1 Å². The van der Waals surface area contributed by atoms with Crippen LogP contribution in [0.5, 0.6) is 11.5 Å². The van der Waals surface area contributed by atoms with E-state index in [9.17, 15) is 27.2 Å². The van der Waals surface area contributed by atoms with Crippen molar-refractivity contribution in [1.82, 2.24) is 4.90 Å². The van der Waals surface area contributed by atoms with E-state index in [0.29, 0.717) is 50.5 Å². The highest BCUT2D eigenvalue weighted by atomic mass is 19.1. The minimum atomic E-state index is -0.936. The fraction of sp³-hybridized carbons (Fsp3) is 0.375. The van der Waals surface area contributed by atoms with Crippen LogP contribution in [-0.4, -0.2) is 56.6 Å². The number of ketones is 1. The van der Waals surface area contributed by atoms with Crippen LogP contribution in [0.2, 0.25) is 0 Å². The number of carbonyl (C=O) groups is 2. The van der Waals surface area contributed by atoms with Crippen LogP contribution >= 0.6 is 0 Å². The first kappa shape index (κ1) is 31.0. The molecule has 3 aromatic carbocycles. The molecule has 0 saturated carbocycles. The molecule has 0 unspecified atom stereocenters. The minimum Gasteiger partial charge on any atom is -0.493 e. The average molecular weight is 588 g/mol. The lowest BCUT2D eigenvalue weighted by Gasteiger charge is -2.37. The maximum Gasteiger partial charge on any atom is 0.379 e. The number of benzene rings is 3. The molecule has 1 heterocycles. The second-order valence-corrected chi connectivity index (χ2v) is 10.1. The zero-order valence-electron chi connectivity index (χ0n) is 23.5. The summed E-state index contributed by atoms with van der Waals surface area (Å²) in [7, 11) is 1.44. The van der Waals surface area contributed by atoms with Crippen LogP contribution in [0.3, 0.4) is 0 Å². The summed E-state index contributed by atoms with van der Waals surface area (Å²) in [4.78, 5) is 26.2. The van der Waals surface area contributed by atoms with Gasteiger partial charge in [-0.2, -0.15) is 0 Å². The molecule has 1 fully saturated rings. The Morgan fingerprint density at radius 3 is 2.05 bits per heavy atom. The van der Waals surface area contributed by atoms with Gasteiger partial charge in [0.05, 0.1) is 20.3 Å². The number of Topliss-reactive ketones (excluding diaryl/α,β-unsaturated/α-hetero) is 1. The van der Waals surface area contributed by atoms with Crippen molar-refractivity contribution in [3.63, 3.8) is 0 Å². The van der Waals surface area contributed by atoms with E-state index < -0.39 is 40.9 Å². The number of methoxy groups -OCH3 is 1. The van der Waals surface area contributed by atoms with Gasteiger partial charge in [0, 0.05) is 30.2 Å². The maximum absolute atomic E-state index is 14.8. The van der Waals surface area contributed by atoms with Gasteiger partial charge in [0.25, 0.3) is 5.78 Å². The molecule has 0 atom stereocenters. The molecule has 0 aromatic heterocycles. The first-order valence-corrected chi connectivity index (χ1v) is 13.9. The zero-order chi connectivity index (χ0) is 30.2. The molecule has 0 spiro atoms. The van der Waals surface area contributed by atoms with Crippen LogP contribution in [-0.2, 0) is 9.53 Å². The number of piperidine rings is 1. The fourth-order valence-electron chi connectivity index (χ4n) is 5.41. The lowest BCUT2D eigenvalue weighted by atomic mass is 9.75. The Morgan fingerprint density at radius 2 is 1.50 bits per heavy atom. The Bertz CT molecular complexity index is 1360. The Kier molecular flexibility index (Phi) is 10.6. The van der Waals surface area contributed by atoms with Gasteiger partial charge < -0.3 is 19.1 Å².